The van der Waals surface area contributed by atoms with Crippen molar-refractivity contribution in [2.75, 3.05) is 0 Å². The van der Waals surface area contributed by atoms with Gasteiger partial charge in [-0.25, -0.2) is 0 Å². The van der Waals surface area contributed by atoms with Gasteiger partial charge in [-0.15, -0.1) is 0 Å². The average molecular weight is 629 g/mol. The smallest absolute Gasteiger partial charge is 0.316 e. The average Bonchev–Trinajstić information content (AvgIpc) is 2.96. The van der Waals surface area contributed by atoms with Crippen molar-refractivity contribution < 1.29 is 19.8 Å². The topological polar surface area (TPSA) is 74.6 Å². The van der Waals surface area contributed by atoms with Crippen LogP contribution in [0.5, 0.6) is 0 Å². The normalized spacial score (nSPS) is 15.2. The van der Waals surface area contributed by atoms with Gasteiger partial charge in [0.1, 0.15) is 10.5 Å². The van der Waals surface area contributed by atoms with Crippen molar-refractivity contribution in [1.82, 2.24) is 0 Å². The molecule has 0 rings (SSSR count). The van der Waals surface area contributed by atoms with Crippen LogP contribution in [0.1, 0.15) is 182 Å². The fourth-order valence-corrected chi connectivity index (χ4v) is 6.83. The van der Waals surface area contributed by atoms with Gasteiger partial charge in [0, 0.05) is 5.92 Å². The number of unbranched alkanes of at least 4 members (excludes halogenated alkanes) is 17. The van der Waals surface area contributed by atoms with E-state index in [2.05, 4.69) is 53.0 Å². The van der Waals surface area contributed by atoms with E-state index in [4.69, 9.17) is 0 Å². The van der Waals surface area contributed by atoms with Crippen LogP contribution in [0.3, 0.4) is 0 Å². The summed E-state index contributed by atoms with van der Waals surface area (Å²) in [7, 11) is 0. The Bertz CT molecular complexity index is 709. The summed E-state index contributed by atoms with van der Waals surface area (Å²) in [5.41, 5.74) is 2.39. The first-order chi connectivity index (χ1) is 20.2. The summed E-state index contributed by atoms with van der Waals surface area (Å²) in [4.78, 5) is 23.6. The van der Waals surface area contributed by atoms with Crippen molar-refractivity contribution in [3.63, 3.8) is 0 Å². The van der Waals surface area contributed by atoms with Crippen LogP contribution in [0.2, 0.25) is 0 Å². The van der Waals surface area contributed by atoms with E-state index in [1.54, 1.807) is 0 Å². The molecule has 6 heteroatoms. The van der Waals surface area contributed by atoms with Crippen molar-refractivity contribution in [2.24, 2.45) is 11.8 Å². The Morgan fingerprint density at radius 3 is 1.29 bits per heavy atom. The number of allylic oxidation sites excluding steroid dienone is 2. The number of hydrogen-bond acceptors (Lipinski definition) is 4. The van der Waals surface area contributed by atoms with E-state index in [-0.39, 0.29) is 11.8 Å². The maximum atomic E-state index is 11.9. The molecule has 0 aliphatic heterocycles. The quantitative estimate of drug-likeness (QED) is 0.0363. The van der Waals surface area contributed by atoms with Crippen molar-refractivity contribution in [3.8, 4) is 0 Å². The first-order valence-corrected chi connectivity index (χ1v) is 18.7. The lowest BCUT2D eigenvalue weighted by Crippen LogP contribution is -2.26. The summed E-state index contributed by atoms with van der Waals surface area (Å²) in [6.45, 7) is 8.70. The third kappa shape index (κ3) is 21.1. The Hall–Kier alpha value is -0.620. The minimum Gasteiger partial charge on any atom is -0.480 e. The summed E-state index contributed by atoms with van der Waals surface area (Å²) in [6, 6.07) is 0. The Morgan fingerprint density at radius 1 is 0.524 bits per heavy atom. The first-order valence-electron chi connectivity index (χ1n) is 17.6. The minimum absolute atomic E-state index is 0.0610. The van der Waals surface area contributed by atoms with Gasteiger partial charge in [0.15, 0.2) is 0 Å². The number of hydrogen-bond donors (Lipinski definition) is 4. The molecule has 0 heterocycles. The van der Waals surface area contributed by atoms with E-state index >= 15 is 0 Å². The molecule has 0 aromatic heterocycles. The van der Waals surface area contributed by atoms with E-state index in [0.29, 0.717) is 0 Å². The van der Waals surface area contributed by atoms with E-state index in [1.807, 2.05) is 0 Å². The first kappa shape index (κ1) is 41.4. The van der Waals surface area contributed by atoms with Gasteiger partial charge in [-0.2, -0.15) is 25.3 Å². The van der Waals surface area contributed by atoms with Crippen LogP contribution >= 0.6 is 25.3 Å². The van der Waals surface area contributed by atoms with Crippen molar-refractivity contribution in [3.05, 3.63) is 11.1 Å². The van der Waals surface area contributed by atoms with Crippen molar-refractivity contribution in [1.29, 1.82) is 0 Å². The summed E-state index contributed by atoms with van der Waals surface area (Å²) in [5, 5.41) is 18.0. The second-order valence-electron chi connectivity index (χ2n) is 12.9. The molecule has 0 aromatic carbocycles. The molecule has 0 saturated heterocycles. The third-order valence-corrected chi connectivity index (χ3v) is 10.5. The van der Waals surface area contributed by atoms with Crippen LogP contribution in [-0.4, -0.2) is 32.7 Å². The molecule has 42 heavy (non-hydrogen) atoms. The number of carboxylic acids is 2. The molecule has 0 aromatic rings. The second-order valence-corrected chi connectivity index (χ2v) is 14.0. The molecule has 0 bridgehead atoms. The second kappa shape index (κ2) is 27.9. The molecule has 0 saturated carbocycles. The fraction of sp³-hybridized carbons (Fsp3) is 0.889. The van der Waals surface area contributed by atoms with Gasteiger partial charge < -0.3 is 10.2 Å². The van der Waals surface area contributed by atoms with Crippen LogP contribution in [-0.2, 0) is 9.59 Å². The Balaban J connectivity index is 4.70. The molecule has 0 radical (unpaired) electrons. The van der Waals surface area contributed by atoms with E-state index in [1.165, 1.54) is 108 Å². The van der Waals surface area contributed by atoms with Gasteiger partial charge in [0.25, 0.3) is 0 Å². The van der Waals surface area contributed by atoms with Crippen molar-refractivity contribution in [2.45, 2.75) is 192 Å². The van der Waals surface area contributed by atoms with Gasteiger partial charge in [-0.3, -0.25) is 9.59 Å². The number of aliphatic carboxylic acids is 2. The number of rotatable bonds is 30. The largest absolute Gasteiger partial charge is 0.480 e. The van der Waals surface area contributed by atoms with Crippen LogP contribution < -0.4 is 0 Å². The highest BCUT2D eigenvalue weighted by Crippen LogP contribution is 2.31. The zero-order valence-electron chi connectivity index (χ0n) is 27.9. The fourth-order valence-electron chi connectivity index (χ4n) is 6.16. The Morgan fingerprint density at radius 2 is 0.881 bits per heavy atom. The standard InChI is InChI=1S/C36H68O4S2/c1-5-7-9-11-13-15-16-17-19-21-23-28-32(34(42)36(39)40)30(4)29(3)25-24-27-31(33(41)35(37)38)26-22-20-18-14-12-10-8-6-2/h31-34,41-42H,5-28H2,1-4H3,(H,37,38)(H,39,40). The molecule has 0 spiro atoms. The van der Waals surface area contributed by atoms with Crippen molar-refractivity contribution >= 4 is 37.2 Å². The lowest BCUT2D eigenvalue weighted by atomic mass is 9.85. The minimum atomic E-state index is -0.844. The molecule has 0 aliphatic rings. The maximum Gasteiger partial charge on any atom is 0.316 e. The van der Waals surface area contributed by atoms with Gasteiger partial charge in [-0.05, 0) is 51.9 Å². The van der Waals surface area contributed by atoms with E-state index < -0.39 is 22.4 Å². The molecule has 4 atom stereocenters. The third-order valence-electron chi connectivity index (χ3n) is 9.24. The molecule has 4 unspecified atom stereocenters. The summed E-state index contributed by atoms with van der Waals surface area (Å²) in [6.07, 6.45) is 28.5. The van der Waals surface area contributed by atoms with Gasteiger partial charge in [-0.1, -0.05) is 147 Å². The predicted molar refractivity (Wildman–Crippen MR) is 188 cm³/mol. The number of thiol groups is 2. The highest BCUT2D eigenvalue weighted by molar-refractivity contribution is 7.82. The van der Waals surface area contributed by atoms with E-state index in [9.17, 15) is 19.8 Å². The molecule has 248 valence electrons. The lowest BCUT2D eigenvalue weighted by Gasteiger charge is -2.24. The van der Waals surface area contributed by atoms with Gasteiger partial charge in [0.05, 0.1) is 0 Å². The summed E-state index contributed by atoms with van der Waals surface area (Å²) >= 11 is 8.96. The Labute approximate surface area is 271 Å². The molecular formula is C36H68O4S2. The SMILES string of the molecule is CCCCCCCCCCCCCC(C(C)=C(C)CCCC(CCCCCCCCCC)C(S)C(=O)O)C(S)C(=O)O. The highest BCUT2D eigenvalue weighted by Gasteiger charge is 2.27. The molecule has 0 fully saturated rings. The van der Waals surface area contributed by atoms with Crippen LogP contribution in [0.25, 0.3) is 0 Å². The molecular weight excluding hydrogens is 561 g/mol. The summed E-state index contributed by atoms with van der Waals surface area (Å²) < 4.78 is 0. The maximum absolute atomic E-state index is 11.9. The monoisotopic (exact) mass is 628 g/mol. The van der Waals surface area contributed by atoms with Crippen LogP contribution in [0.4, 0.5) is 0 Å². The predicted octanol–water partition coefficient (Wildman–Crippen LogP) is 11.7. The van der Waals surface area contributed by atoms with Gasteiger partial charge >= 0.3 is 11.9 Å². The molecule has 2 N–H and O–H groups in total. The van der Waals surface area contributed by atoms with Crippen LogP contribution in [0.15, 0.2) is 11.1 Å². The number of carbonyl (C=O) groups is 2. The van der Waals surface area contributed by atoms with E-state index in [0.717, 1.165) is 56.9 Å². The lowest BCUT2D eigenvalue weighted by molar-refractivity contribution is -0.138. The highest BCUT2D eigenvalue weighted by atomic mass is 32.1. The molecule has 0 amide bonds. The molecule has 0 aliphatic carbocycles. The zero-order valence-corrected chi connectivity index (χ0v) is 29.7. The summed E-state index contributed by atoms with van der Waals surface area (Å²) in [5.74, 6) is -1.65. The Kier molecular flexibility index (Phi) is 27.5. The van der Waals surface area contributed by atoms with Gasteiger partial charge in [0.2, 0.25) is 0 Å². The number of carboxylic acid groups (broad SMARTS) is 2. The molecule has 4 nitrogen and oxygen atoms in total. The van der Waals surface area contributed by atoms with Crippen LogP contribution in [0, 0.1) is 11.8 Å². The zero-order chi connectivity index (χ0) is 31.6.